The van der Waals surface area contributed by atoms with Crippen LogP contribution in [0.3, 0.4) is 0 Å². The summed E-state index contributed by atoms with van der Waals surface area (Å²) in [7, 11) is 0. The third kappa shape index (κ3) is 4.06. The summed E-state index contributed by atoms with van der Waals surface area (Å²) in [5, 5.41) is 3.88. The molecule has 1 N–H and O–H groups in total. The second-order valence-electron chi connectivity index (χ2n) is 5.61. The molecule has 1 saturated heterocycles. The fourth-order valence-corrected chi connectivity index (χ4v) is 3.11. The van der Waals surface area contributed by atoms with E-state index in [4.69, 9.17) is 4.74 Å². The number of rotatable bonds is 2. The molecule has 1 heterocycles. The molecule has 0 aromatic carbocycles. The molecule has 2 atom stereocenters. The molecule has 2 heteroatoms. The van der Waals surface area contributed by atoms with E-state index in [1.54, 1.807) is 0 Å². The minimum absolute atomic E-state index is 0.458. The van der Waals surface area contributed by atoms with Crippen LogP contribution in [0.1, 0.15) is 64.7 Å². The zero-order valence-electron chi connectivity index (χ0n) is 10.7. The molecule has 0 aromatic rings. The van der Waals surface area contributed by atoms with E-state index in [1.807, 2.05) is 0 Å². The maximum Gasteiger partial charge on any atom is 0.0561 e. The number of ether oxygens (including phenoxy) is 1. The summed E-state index contributed by atoms with van der Waals surface area (Å²) >= 11 is 0. The topological polar surface area (TPSA) is 21.3 Å². The third-order valence-electron chi connectivity index (χ3n) is 4.06. The quantitative estimate of drug-likeness (QED) is 0.779. The normalized spacial score (nSPS) is 34.3. The van der Waals surface area contributed by atoms with Crippen molar-refractivity contribution in [3.63, 3.8) is 0 Å². The van der Waals surface area contributed by atoms with E-state index in [0.29, 0.717) is 12.1 Å². The van der Waals surface area contributed by atoms with E-state index in [2.05, 4.69) is 12.2 Å². The van der Waals surface area contributed by atoms with E-state index in [9.17, 15) is 0 Å². The zero-order chi connectivity index (χ0) is 11.2. The van der Waals surface area contributed by atoms with Gasteiger partial charge in [-0.25, -0.2) is 0 Å². The van der Waals surface area contributed by atoms with Gasteiger partial charge in [0.15, 0.2) is 0 Å². The predicted molar refractivity (Wildman–Crippen MR) is 67.7 cm³/mol. The highest BCUT2D eigenvalue weighted by atomic mass is 16.5. The van der Waals surface area contributed by atoms with Crippen molar-refractivity contribution in [2.75, 3.05) is 6.61 Å². The average molecular weight is 225 g/mol. The molecule has 2 rings (SSSR count). The van der Waals surface area contributed by atoms with Crippen LogP contribution >= 0.6 is 0 Å². The minimum Gasteiger partial charge on any atom is -0.378 e. The van der Waals surface area contributed by atoms with Crippen LogP contribution in [0, 0.1) is 0 Å². The Hall–Kier alpha value is -0.0800. The highest BCUT2D eigenvalue weighted by Crippen LogP contribution is 2.20. The Kier molecular flexibility index (Phi) is 5.11. The van der Waals surface area contributed by atoms with E-state index >= 15 is 0 Å². The lowest BCUT2D eigenvalue weighted by molar-refractivity contribution is 0.0106. The van der Waals surface area contributed by atoms with Crippen molar-refractivity contribution in [2.24, 2.45) is 0 Å². The van der Waals surface area contributed by atoms with Crippen LogP contribution in [-0.2, 0) is 4.74 Å². The van der Waals surface area contributed by atoms with Gasteiger partial charge in [0, 0.05) is 18.7 Å². The van der Waals surface area contributed by atoms with E-state index < -0.39 is 0 Å². The van der Waals surface area contributed by atoms with Crippen molar-refractivity contribution in [1.82, 2.24) is 5.32 Å². The lowest BCUT2D eigenvalue weighted by Crippen LogP contribution is -2.43. The van der Waals surface area contributed by atoms with Gasteiger partial charge >= 0.3 is 0 Å². The van der Waals surface area contributed by atoms with Gasteiger partial charge in [-0.05, 0) is 32.6 Å². The minimum atomic E-state index is 0.458. The Bertz CT molecular complexity index is 187. The van der Waals surface area contributed by atoms with Crippen molar-refractivity contribution in [2.45, 2.75) is 82.9 Å². The van der Waals surface area contributed by atoms with Gasteiger partial charge in [-0.2, -0.15) is 0 Å². The van der Waals surface area contributed by atoms with Gasteiger partial charge in [-0.15, -0.1) is 0 Å². The fourth-order valence-electron chi connectivity index (χ4n) is 3.11. The van der Waals surface area contributed by atoms with Crippen molar-refractivity contribution < 1.29 is 4.74 Å². The van der Waals surface area contributed by atoms with Crippen molar-refractivity contribution >= 4 is 0 Å². The summed E-state index contributed by atoms with van der Waals surface area (Å²) in [5.74, 6) is 0. The van der Waals surface area contributed by atoms with Crippen LogP contribution in [0.5, 0.6) is 0 Å². The monoisotopic (exact) mass is 225 g/mol. The van der Waals surface area contributed by atoms with Gasteiger partial charge in [0.2, 0.25) is 0 Å². The lowest BCUT2D eigenvalue weighted by Gasteiger charge is -2.32. The summed E-state index contributed by atoms with van der Waals surface area (Å²) in [6.45, 7) is 3.15. The maximum atomic E-state index is 5.60. The summed E-state index contributed by atoms with van der Waals surface area (Å²) < 4.78 is 5.60. The Morgan fingerprint density at radius 2 is 1.56 bits per heavy atom. The van der Waals surface area contributed by atoms with Crippen LogP contribution in [-0.4, -0.2) is 24.8 Å². The Balaban J connectivity index is 1.73. The summed E-state index contributed by atoms with van der Waals surface area (Å²) in [6, 6.07) is 1.50. The van der Waals surface area contributed by atoms with Crippen LogP contribution in [0.2, 0.25) is 0 Å². The summed E-state index contributed by atoms with van der Waals surface area (Å²) in [6.07, 6.45) is 12.9. The molecule has 0 radical (unpaired) electrons. The number of hydrogen-bond donors (Lipinski definition) is 1. The van der Waals surface area contributed by atoms with Crippen molar-refractivity contribution in [3.8, 4) is 0 Å². The summed E-state index contributed by atoms with van der Waals surface area (Å²) in [4.78, 5) is 0. The first-order valence-electron chi connectivity index (χ1n) is 7.22. The van der Waals surface area contributed by atoms with E-state index in [1.165, 1.54) is 57.8 Å². The molecule has 1 saturated carbocycles. The van der Waals surface area contributed by atoms with Crippen molar-refractivity contribution in [3.05, 3.63) is 0 Å². The maximum absolute atomic E-state index is 5.60. The molecular weight excluding hydrogens is 198 g/mol. The van der Waals surface area contributed by atoms with Gasteiger partial charge in [0.05, 0.1) is 6.10 Å². The molecule has 0 spiro atoms. The zero-order valence-corrected chi connectivity index (χ0v) is 10.7. The molecular formula is C14H27NO. The molecule has 1 aliphatic heterocycles. The van der Waals surface area contributed by atoms with Gasteiger partial charge in [-0.3, -0.25) is 0 Å². The first-order chi connectivity index (χ1) is 7.84. The molecule has 0 aromatic heterocycles. The third-order valence-corrected chi connectivity index (χ3v) is 4.06. The molecule has 2 aliphatic rings. The van der Waals surface area contributed by atoms with Gasteiger partial charge in [0.25, 0.3) is 0 Å². The highest BCUT2D eigenvalue weighted by Gasteiger charge is 2.22. The molecule has 94 valence electrons. The molecule has 2 fully saturated rings. The molecule has 2 nitrogen and oxygen atoms in total. The Morgan fingerprint density at radius 3 is 2.25 bits per heavy atom. The van der Waals surface area contributed by atoms with Crippen LogP contribution in [0.4, 0.5) is 0 Å². The first kappa shape index (κ1) is 12.4. The van der Waals surface area contributed by atoms with Crippen LogP contribution in [0.25, 0.3) is 0 Å². The number of nitrogens with one attached hydrogen (secondary N) is 1. The van der Waals surface area contributed by atoms with Crippen LogP contribution < -0.4 is 5.32 Å². The molecule has 1 aliphatic carbocycles. The predicted octanol–water partition coefficient (Wildman–Crippen LogP) is 3.26. The van der Waals surface area contributed by atoms with Crippen LogP contribution in [0.15, 0.2) is 0 Å². The van der Waals surface area contributed by atoms with Gasteiger partial charge < -0.3 is 10.1 Å². The first-order valence-corrected chi connectivity index (χ1v) is 7.22. The van der Waals surface area contributed by atoms with E-state index in [-0.39, 0.29) is 0 Å². The molecule has 2 unspecified atom stereocenters. The largest absolute Gasteiger partial charge is 0.378 e. The summed E-state index contributed by atoms with van der Waals surface area (Å²) in [5.41, 5.74) is 0. The van der Waals surface area contributed by atoms with Crippen molar-refractivity contribution in [1.29, 1.82) is 0 Å². The fraction of sp³-hybridized carbons (Fsp3) is 1.00. The second kappa shape index (κ2) is 6.61. The highest BCUT2D eigenvalue weighted by molar-refractivity contribution is 4.79. The SMILES string of the molecule is CC1CC(NC2CCCCCCC2)CCO1. The lowest BCUT2D eigenvalue weighted by atomic mass is 9.94. The Morgan fingerprint density at radius 1 is 0.875 bits per heavy atom. The van der Waals surface area contributed by atoms with E-state index in [0.717, 1.165) is 12.6 Å². The molecule has 16 heavy (non-hydrogen) atoms. The Labute approximate surface area is 100 Å². The van der Waals surface area contributed by atoms with Gasteiger partial charge in [0.1, 0.15) is 0 Å². The smallest absolute Gasteiger partial charge is 0.0561 e. The van der Waals surface area contributed by atoms with Gasteiger partial charge in [-0.1, -0.05) is 32.1 Å². The number of hydrogen-bond acceptors (Lipinski definition) is 2. The molecule has 0 bridgehead atoms. The standard InChI is InChI=1S/C14H27NO/c1-12-11-14(9-10-16-12)15-13-7-5-3-2-4-6-8-13/h12-15H,2-11H2,1H3. The average Bonchev–Trinajstić information content (AvgIpc) is 2.22. The molecule has 0 amide bonds. The second-order valence-corrected chi connectivity index (χ2v) is 5.61.